The zero-order valence-electron chi connectivity index (χ0n) is 10.4. The predicted octanol–water partition coefficient (Wildman–Crippen LogP) is 2.80. The number of hydrogen-bond donors (Lipinski definition) is 1. The molecule has 0 saturated heterocycles. The molecule has 3 nitrogen and oxygen atoms in total. The SMILES string of the molecule is Cc1cc(C)cc(-c2nc3c(c(=O)[nH]2)CSC3)c1. The summed E-state index contributed by atoms with van der Waals surface area (Å²) in [7, 11) is 0. The summed E-state index contributed by atoms with van der Waals surface area (Å²) in [5.41, 5.74) is 5.15. The molecule has 92 valence electrons. The van der Waals surface area contributed by atoms with Crippen LogP contribution in [-0.2, 0) is 11.5 Å². The van der Waals surface area contributed by atoms with Gasteiger partial charge >= 0.3 is 0 Å². The van der Waals surface area contributed by atoms with Crippen molar-refractivity contribution in [2.75, 3.05) is 0 Å². The van der Waals surface area contributed by atoms with Gasteiger partial charge in [0.25, 0.3) is 5.56 Å². The van der Waals surface area contributed by atoms with Crippen LogP contribution in [0.5, 0.6) is 0 Å². The Balaban J connectivity index is 2.18. The van der Waals surface area contributed by atoms with E-state index in [1.54, 1.807) is 11.8 Å². The van der Waals surface area contributed by atoms with Crippen LogP contribution < -0.4 is 5.56 Å². The van der Waals surface area contributed by atoms with Crippen molar-refractivity contribution in [3.63, 3.8) is 0 Å². The lowest BCUT2D eigenvalue weighted by molar-refractivity contribution is 1.03. The molecule has 0 aliphatic carbocycles. The molecule has 2 aromatic rings. The fourth-order valence-electron chi connectivity index (χ4n) is 2.31. The first kappa shape index (κ1) is 11.5. The molecule has 0 atom stereocenters. The summed E-state index contributed by atoms with van der Waals surface area (Å²) in [6, 6.07) is 6.23. The third kappa shape index (κ3) is 1.97. The van der Waals surface area contributed by atoms with E-state index in [1.807, 2.05) is 0 Å². The second-order valence-electron chi connectivity index (χ2n) is 4.71. The van der Waals surface area contributed by atoms with Crippen LogP contribution in [0.2, 0.25) is 0 Å². The fraction of sp³-hybridized carbons (Fsp3) is 0.286. The molecule has 0 saturated carbocycles. The van der Waals surface area contributed by atoms with E-state index in [2.05, 4.69) is 42.0 Å². The highest BCUT2D eigenvalue weighted by atomic mass is 32.2. The van der Waals surface area contributed by atoms with Gasteiger partial charge in [-0.25, -0.2) is 4.98 Å². The molecule has 2 heterocycles. The van der Waals surface area contributed by atoms with Gasteiger partial charge in [0.2, 0.25) is 0 Å². The highest BCUT2D eigenvalue weighted by molar-refractivity contribution is 7.98. The molecule has 4 heteroatoms. The van der Waals surface area contributed by atoms with E-state index in [0.717, 1.165) is 28.3 Å². The third-order valence-electron chi connectivity index (χ3n) is 3.08. The molecule has 0 radical (unpaired) electrons. The maximum Gasteiger partial charge on any atom is 0.255 e. The minimum atomic E-state index is 0.0131. The average Bonchev–Trinajstić information content (AvgIpc) is 2.76. The molecule has 0 fully saturated rings. The minimum absolute atomic E-state index is 0.0131. The first-order chi connectivity index (χ1) is 8.63. The van der Waals surface area contributed by atoms with Crippen molar-refractivity contribution >= 4 is 11.8 Å². The number of aryl methyl sites for hydroxylation is 2. The van der Waals surface area contributed by atoms with Crippen molar-refractivity contribution in [3.05, 3.63) is 50.9 Å². The van der Waals surface area contributed by atoms with Crippen LogP contribution in [0.25, 0.3) is 11.4 Å². The average molecular weight is 258 g/mol. The third-order valence-corrected chi connectivity index (χ3v) is 4.05. The number of hydrogen-bond acceptors (Lipinski definition) is 3. The van der Waals surface area contributed by atoms with Crippen LogP contribution in [0.15, 0.2) is 23.0 Å². The Kier molecular flexibility index (Phi) is 2.74. The van der Waals surface area contributed by atoms with Crippen LogP contribution in [-0.4, -0.2) is 9.97 Å². The first-order valence-electron chi connectivity index (χ1n) is 5.92. The Morgan fingerprint density at radius 3 is 2.61 bits per heavy atom. The smallest absolute Gasteiger partial charge is 0.255 e. The van der Waals surface area contributed by atoms with E-state index < -0.39 is 0 Å². The maximum atomic E-state index is 12.0. The van der Waals surface area contributed by atoms with E-state index in [0.29, 0.717) is 5.82 Å². The zero-order chi connectivity index (χ0) is 12.7. The van der Waals surface area contributed by atoms with Crippen LogP contribution in [0.4, 0.5) is 0 Å². The second kappa shape index (κ2) is 4.28. The summed E-state index contributed by atoms with van der Waals surface area (Å²) in [5, 5.41) is 0. The zero-order valence-corrected chi connectivity index (χ0v) is 11.2. The first-order valence-corrected chi connectivity index (χ1v) is 7.07. The van der Waals surface area contributed by atoms with Crippen molar-refractivity contribution in [1.29, 1.82) is 0 Å². The van der Waals surface area contributed by atoms with Crippen molar-refractivity contribution in [2.45, 2.75) is 25.4 Å². The van der Waals surface area contributed by atoms with E-state index in [1.165, 1.54) is 11.1 Å². The van der Waals surface area contributed by atoms with Gasteiger partial charge in [-0.1, -0.05) is 17.2 Å². The number of rotatable bonds is 1. The number of H-pyrrole nitrogens is 1. The highest BCUT2D eigenvalue weighted by Gasteiger charge is 2.18. The van der Waals surface area contributed by atoms with Gasteiger partial charge in [0, 0.05) is 22.6 Å². The Labute approximate surface area is 110 Å². The molecule has 3 rings (SSSR count). The monoisotopic (exact) mass is 258 g/mol. The van der Waals surface area contributed by atoms with Crippen molar-refractivity contribution in [2.24, 2.45) is 0 Å². The molecule has 1 aliphatic heterocycles. The van der Waals surface area contributed by atoms with Gasteiger partial charge in [-0.3, -0.25) is 4.79 Å². The molecule has 1 aromatic carbocycles. The molecule has 0 amide bonds. The Morgan fingerprint density at radius 2 is 1.89 bits per heavy atom. The number of nitrogens with zero attached hydrogens (tertiary/aromatic N) is 1. The van der Waals surface area contributed by atoms with Crippen LogP contribution in [0.3, 0.4) is 0 Å². The van der Waals surface area contributed by atoms with Crippen LogP contribution in [0, 0.1) is 13.8 Å². The summed E-state index contributed by atoms with van der Waals surface area (Å²) in [4.78, 5) is 19.5. The molecule has 0 bridgehead atoms. The van der Waals surface area contributed by atoms with Gasteiger partial charge in [-0.2, -0.15) is 11.8 Å². The molecule has 18 heavy (non-hydrogen) atoms. The van der Waals surface area contributed by atoms with E-state index >= 15 is 0 Å². The summed E-state index contributed by atoms with van der Waals surface area (Å²) in [5.74, 6) is 2.31. The van der Waals surface area contributed by atoms with Gasteiger partial charge in [0.15, 0.2) is 0 Å². The number of aromatic amines is 1. The molecule has 1 aliphatic rings. The van der Waals surface area contributed by atoms with Gasteiger partial charge in [0.1, 0.15) is 5.82 Å². The van der Waals surface area contributed by atoms with E-state index in [9.17, 15) is 4.79 Å². The lowest BCUT2D eigenvalue weighted by Gasteiger charge is -2.06. The number of benzene rings is 1. The topological polar surface area (TPSA) is 45.8 Å². The molecular formula is C14H14N2OS. The number of aromatic nitrogens is 2. The van der Waals surface area contributed by atoms with Crippen molar-refractivity contribution in [1.82, 2.24) is 9.97 Å². The maximum absolute atomic E-state index is 12.0. The van der Waals surface area contributed by atoms with E-state index in [4.69, 9.17) is 0 Å². The standard InChI is InChI=1S/C14H14N2OS/c1-8-3-9(2)5-10(4-8)13-15-12-7-18-6-11(12)14(17)16-13/h3-5H,6-7H2,1-2H3,(H,15,16,17). The number of thioether (sulfide) groups is 1. The van der Waals surface area contributed by atoms with Crippen molar-refractivity contribution < 1.29 is 0 Å². The van der Waals surface area contributed by atoms with Crippen LogP contribution >= 0.6 is 11.8 Å². The fourth-order valence-corrected chi connectivity index (χ4v) is 3.35. The predicted molar refractivity (Wildman–Crippen MR) is 74.8 cm³/mol. The summed E-state index contributed by atoms with van der Waals surface area (Å²) < 4.78 is 0. The lowest BCUT2D eigenvalue weighted by Crippen LogP contribution is -2.15. The van der Waals surface area contributed by atoms with Gasteiger partial charge in [-0.15, -0.1) is 0 Å². The Morgan fingerprint density at radius 1 is 1.17 bits per heavy atom. The second-order valence-corrected chi connectivity index (χ2v) is 5.69. The Hall–Kier alpha value is -1.55. The molecule has 1 N–H and O–H groups in total. The molecular weight excluding hydrogens is 244 g/mol. The van der Waals surface area contributed by atoms with Crippen molar-refractivity contribution in [3.8, 4) is 11.4 Å². The molecule has 1 aromatic heterocycles. The minimum Gasteiger partial charge on any atom is -0.306 e. The number of nitrogens with one attached hydrogen (secondary N) is 1. The summed E-state index contributed by atoms with van der Waals surface area (Å²) >= 11 is 1.74. The molecule has 0 unspecified atom stereocenters. The summed E-state index contributed by atoms with van der Waals surface area (Å²) in [6.45, 7) is 4.11. The summed E-state index contributed by atoms with van der Waals surface area (Å²) in [6.07, 6.45) is 0. The largest absolute Gasteiger partial charge is 0.306 e. The highest BCUT2D eigenvalue weighted by Crippen LogP contribution is 2.27. The normalized spacial score (nSPS) is 13.7. The van der Waals surface area contributed by atoms with Gasteiger partial charge < -0.3 is 4.98 Å². The lowest BCUT2D eigenvalue weighted by atomic mass is 10.1. The van der Waals surface area contributed by atoms with Gasteiger partial charge in [0.05, 0.1) is 5.69 Å². The quantitative estimate of drug-likeness (QED) is 0.855. The Bertz CT molecular complexity index is 656. The molecule has 0 spiro atoms. The van der Waals surface area contributed by atoms with Gasteiger partial charge in [-0.05, 0) is 26.0 Å². The van der Waals surface area contributed by atoms with E-state index in [-0.39, 0.29) is 5.56 Å². The number of fused-ring (bicyclic) bond motifs is 1. The van der Waals surface area contributed by atoms with Crippen LogP contribution in [0.1, 0.15) is 22.4 Å².